The van der Waals surface area contributed by atoms with Crippen molar-refractivity contribution in [3.63, 3.8) is 0 Å². The predicted molar refractivity (Wildman–Crippen MR) is 82.0 cm³/mol. The molecule has 0 aliphatic carbocycles. The van der Waals surface area contributed by atoms with Crippen LogP contribution in [0.25, 0.3) is 10.8 Å². The molecule has 1 atom stereocenters. The molecule has 0 bridgehead atoms. The van der Waals surface area contributed by atoms with E-state index in [0.29, 0.717) is 0 Å². The maximum absolute atomic E-state index is 5.73. The van der Waals surface area contributed by atoms with Gasteiger partial charge in [-0.2, -0.15) is 0 Å². The first-order valence-corrected chi connectivity index (χ1v) is 7.14. The molecular weight excluding hydrogens is 248 g/mol. The molecule has 0 fully saturated rings. The van der Waals surface area contributed by atoms with E-state index in [9.17, 15) is 0 Å². The lowest BCUT2D eigenvalue weighted by molar-refractivity contribution is 0.167. The maximum Gasteiger partial charge on any atom is 0.111 e. The second-order valence-electron chi connectivity index (χ2n) is 5.16. The third-order valence-electron chi connectivity index (χ3n) is 3.81. The molecule has 3 N–H and O–H groups in total. The lowest BCUT2D eigenvalue weighted by atomic mass is 9.97. The van der Waals surface area contributed by atoms with E-state index in [1.54, 1.807) is 0 Å². The van der Waals surface area contributed by atoms with Gasteiger partial charge in [-0.3, -0.25) is 5.84 Å². The number of hydrogen-bond acceptors (Lipinski definition) is 3. The Hall–Kier alpha value is -1.84. The Morgan fingerprint density at radius 2 is 2.00 bits per heavy atom. The number of benzene rings is 2. The zero-order valence-corrected chi connectivity index (χ0v) is 11.5. The minimum absolute atomic E-state index is 0.0427. The van der Waals surface area contributed by atoms with Gasteiger partial charge in [0.25, 0.3) is 0 Å². The Bertz CT molecular complexity index is 616. The van der Waals surface area contributed by atoms with Crippen molar-refractivity contribution in [1.29, 1.82) is 0 Å². The van der Waals surface area contributed by atoms with Crippen LogP contribution in [0.15, 0.2) is 54.3 Å². The summed E-state index contributed by atoms with van der Waals surface area (Å²) in [6.07, 6.45) is 5.15. The summed E-state index contributed by atoms with van der Waals surface area (Å²) < 4.78 is 5.73. The molecule has 3 heteroatoms. The first-order chi connectivity index (χ1) is 9.88. The molecule has 1 heterocycles. The van der Waals surface area contributed by atoms with E-state index in [-0.39, 0.29) is 6.04 Å². The number of ether oxygens (including phenoxy) is 1. The minimum Gasteiger partial charge on any atom is -0.497 e. The molecule has 0 spiro atoms. The lowest BCUT2D eigenvalue weighted by Gasteiger charge is -2.23. The monoisotopic (exact) mass is 268 g/mol. The second kappa shape index (κ2) is 6.07. The van der Waals surface area contributed by atoms with Gasteiger partial charge in [-0.05, 0) is 41.7 Å². The van der Waals surface area contributed by atoms with Crippen LogP contribution in [0.2, 0.25) is 0 Å². The SMILES string of the molecule is NNC(Cc1cccc2ccccc12)C1=CCCCO1. The van der Waals surface area contributed by atoms with Crippen molar-refractivity contribution in [3.05, 3.63) is 59.9 Å². The van der Waals surface area contributed by atoms with Crippen LogP contribution in [-0.2, 0) is 11.2 Å². The third kappa shape index (κ3) is 2.69. The van der Waals surface area contributed by atoms with Crippen molar-refractivity contribution in [3.8, 4) is 0 Å². The van der Waals surface area contributed by atoms with E-state index < -0.39 is 0 Å². The fraction of sp³-hybridized carbons (Fsp3) is 0.294. The van der Waals surface area contributed by atoms with Crippen LogP contribution in [0, 0.1) is 0 Å². The molecule has 1 aliphatic rings. The summed E-state index contributed by atoms with van der Waals surface area (Å²) in [6, 6.07) is 14.9. The summed E-state index contributed by atoms with van der Waals surface area (Å²) in [4.78, 5) is 0. The number of allylic oxidation sites excluding steroid dienone is 1. The molecular formula is C17H20N2O. The Morgan fingerprint density at radius 3 is 2.80 bits per heavy atom. The van der Waals surface area contributed by atoms with E-state index in [1.807, 2.05) is 0 Å². The number of fused-ring (bicyclic) bond motifs is 1. The van der Waals surface area contributed by atoms with Gasteiger partial charge in [-0.25, -0.2) is 5.43 Å². The molecule has 2 aromatic carbocycles. The summed E-state index contributed by atoms with van der Waals surface area (Å²) in [5.74, 6) is 6.70. The highest BCUT2D eigenvalue weighted by molar-refractivity contribution is 5.85. The van der Waals surface area contributed by atoms with Crippen LogP contribution in [0.1, 0.15) is 18.4 Å². The van der Waals surface area contributed by atoms with Crippen LogP contribution in [0.4, 0.5) is 0 Å². The van der Waals surface area contributed by atoms with Crippen LogP contribution in [-0.4, -0.2) is 12.6 Å². The van der Waals surface area contributed by atoms with Crippen molar-refractivity contribution in [1.82, 2.24) is 5.43 Å². The van der Waals surface area contributed by atoms with Gasteiger partial charge >= 0.3 is 0 Å². The van der Waals surface area contributed by atoms with E-state index in [1.165, 1.54) is 16.3 Å². The van der Waals surface area contributed by atoms with Crippen LogP contribution < -0.4 is 11.3 Å². The largest absolute Gasteiger partial charge is 0.497 e. The first kappa shape index (κ1) is 13.2. The van der Waals surface area contributed by atoms with Crippen LogP contribution >= 0.6 is 0 Å². The highest BCUT2D eigenvalue weighted by Gasteiger charge is 2.17. The molecule has 3 nitrogen and oxygen atoms in total. The van der Waals surface area contributed by atoms with Crippen molar-refractivity contribution >= 4 is 10.8 Å². The zero-order chi connectivity index (χ0) is 13.8. The molecule has 2 aromatic rings. The van der Waals surface area contributed by atoms with Crippen molar-refractivity contribution in [2.45, 2.75) is 25.3 Å². The van der Waals surface area contributed by atoms with E-state index >= 15 is 0 Å². The minimum atomic E-state index is 0.0427. The van der Waals surface area contributed by atoms with Gasteiger partial charge in [0.1, 0.15) is 5.76 Å². The molecule has 1 unspecified atom stereocenters. The van der Waals surface area contributed by atoms with Gasteiger partial charge in [0.2, 0.25) is 0 Å². The summed E-state index contributed by atoms with van der Waals surface area (Å²) in [5, 5.41) is 2.55. The number of rotatable bonds is 4. The highest BCUT2D eigenvalue weighted by Crippen LogP contribution is 2.22. The summed E-state index contributed by atoms with van der Waals surface area (Å²) in [6.45, 7) is 0.791. The standard InChI is InChI=1S/C17H20N2O/c18-19-16(17-10-3-4-11-20-17)12-14-8-5-7-13-6-1-2-9-15(13)14/h1-2,5-10,16,19H,3-4,11-12,18H2. The molecule has 20 heavy (non-hydrogen) atoms. The normalized spacial score (nSPS) is 16.6. The zero-order valence-electron chi connectivity index (χ0n) is 11.5. The molecule has 3 rings (SSSR count). The van der Waals surface area contributed by atoms with Gasteiger partial charge in [0.15, 0.2) is 0 Å². The number of hydrogen-bond donors (Lipinski definition) is 2. The van der Waals surface area contributed by atoms with Crippen LogP contribution in [0.5, 0.6) is 0 Å². The smallest absolute Gasteiger partial charge is 0.111 e. The lowest BCUT2D eigenvalue weighted by Crippen LogP contribution is -2.39. The number of nitrogens with two attached hydrogens (primary N) is 1. The molecule has 0 radical (unpaired) electrons. The third-order valence-corrected chi connectivity index (χ3v) is 3.81. The summed E-state index contributed by atoms with van der Waals surface area (Å²) in [5.41, 5.74) is 4.18. The van der Waals surface area contributed by atoms with E-state index in [2.05, 4.69) is 54.0 Å². The Balaban J connectivity index is 1.89. The second-order valence-corrected chi connectivity index (χ2v) is 5.16. The first-order valence-electron chi connectivity index (χ1n) is 7.14. The molecule has 0 amide bonds. The van der Waals surface area contributed by atoms with Gasteiger partial charge in [-0.1, -0.05) is 42.5 Å². The molecule has 1 aliphatic heterocycles. The van der Waals surface area contributed by atoms with Gasteiger partial charge in [0.05, 0.1) is 12.6 Å². The fourth-order valence-electron chi connectivity index (χ4n) is 2.75. The Morgan fingerprint density at radius 1 is 1.15 bits per heavy atom. The highest BCUT2D eigenvalue weighted by atomic mass is 16.5. The topological polar surface area (TPSA) is 47.3 Å². The van der Waals surface area contributed by atoms with Gasteiger partial charge < -0.3 is 4.74 Å². The number of hydrazine groups is 1. The van der Waals surface area contributed by atoms with E-state index in [4.69, 9.17) is 10.6 Å². The average Bonchev–Trinajstić information content (AvgIpc) is 2.53. The Labute approximate surface area is 119 Å². The maximum atomic E-state index is 5.73. The van der Waals surface area contributed by atoms with Crippen LogP contribution in [0.3, 0.4) is 0 Å². The van der Waals surface area contributed by atoms with Gasteiger partial charge in [-0.15, -0.1) is 0 Å². The molecule has 0 saturated carbocycles. The molecule has 0 saturated heterocycles. The molecule has 104 valence electrons. The predicted octanol–water partition coefficient (Wildman–Crippen LogP) is 2.91. The van der Waals surface area contributed by atoms with E-state index in [0.717, 1.165) is 31.6 Å². The van der Waals surface area contributed by atoms with Gasteiger partial charge in [0, 0.05) is 0 Å². The van der Waals surface area contributed by atoms with Crippen molar-refractivity contribution in [2.24, 2.45) is 5.84 Å². The number of nitrogens with one attached hydrogen (secondary N) is 1. The van der Waals surface area contributed by atoms with Crippen molar-refractivity contribution < 1.29 is 4.74 Å². The summed E-state index contributed by atoms with van der Waals surface area (Å²) >= 11 is 0. The quantitative estimate of drug-likeness (QED) is 0.662. The molecule has 0 aromatic heterocycles. The Kier molecular flexibility index (Phi) is 4.00. The van der Waals surface area contributed by atoms with Crippen molar-refractivity contribution in [2.75, 3.05) is 6.61 Å². The average molecular weight is 268 g/mol. The summed E-state index contributed by atoms with van der Waals surface area (Å²) in [7, 11) is 0. The fourth-order valence-corrected chi connectivity index (χ4v) is 2.75.